The fourth-order valence-electron chi connectivity index (χ4n) is 1.36. The zero-order valence-electron chi connectivity index (χ0n) is 7.32. The molecule has 4 N–H and O–H groups in total. The van der Waals surface area contributed by atoms with E-state index in [1.54, 1.807) is 0 Å². The number of halogens is 1. The molecule has 0 spiro atoms. The van der Waals surface area contributed by atoms with Crippen LogP contribution < -0.4 is 5.73 Å². The second-order valence-corrected chi connectivity index (χ2v) is 3.36. The highest BCUT2D eigenvalue weighted by Crippen LogP contribution is 2.38. The van der Waals surface area contributed by atoms with E-state index in [1.807, 2.05) is 0 Å². The van der Waals surface area contributed by atoms with Gasteiger partial charge in [-0.15, -0.1) is 0 Å². The molecule has 2 aromatic rings. The summed E-state index contributed by atoms with van der Waals surface area (Å²) in [6.07, 6.45) is 1.02. The number of anilines is 1. The normalized spacial score (nSPS) is 10.7. The number of carboxylic acid groups (broad SMARTS) is 1. The van der Waals surface area contributed by atoms with Gasteiger partial charge in [0.15, 0.2) is 11.3 Å². The number of aromatic carboxylic acids is 1. The number of hydrogen-bond acceptors (Lipinski definition) is 4. The van der Waals surface area contributed by atoms with E-state index in [0.29, 0.717) is 0 Å². The quantitative estimate of drug-likeness (QED) is 0.648. The molecule has 1 heterocycles. The molecule has 0 saturated heterocycles. The van der Waals surface area contributed by atoms with Crippen LogP contribution in [-0.4, -0.2) is 16.2 Å². The lowest BCUT2D eigenvalue weighted by Gasteiger charge is -2.02. The molecule has 6 heteroatoms. The van der Waals surface area contributed by atoms with Crippen LogP contribution in [0.1, 0.15) is 10.4 Å². The Hall–Kier alpha value is -1.88. The summed E-state index contributed by atoms with van der Waals surface area (Å²) in [5.74, 6) is -1.43. The van der Waals surface area contributed by atoms with Crippen LogP contribution in [0.3, 0.4) is 0 Å². The van der Waals surface area contributed by atoms with Gasteiger partial charge < -0.3 is 20.4 Å². The van der Waals surface area contributed by atoms with Crippen LogP contribution in [0.25, 0.3) is 11.0 Å². The first-order valence-electron chi connectivity index (χ1n) is 3.93. The van der Waals surface area contributed by atoms with Gasteiger partial charge in [-0.3, -0.25) is 0 Å². The lowest BCUT2D eigenvalue weighted by Crippen LogP contribution is -1.99. The topological polar surface area (TPSA) is 96.7 Å². The number of furan rings is 1. The van der Waals surface area contributed by atoms with E-state index < -0.39 is 5.97 Å². The van der Waals surface area contributed by atoms with Gasteiger partial charge in [-0.25, -0.2) is 4.79 Å². The maximum atomic E-state index is 10.8. The predicted octanol–water partition coefficient (Wildman–Crippen LogP) is 2.07. The van der Waals surface area contributed by atoms with E-state index in [1.165, 1.54) is 6.07 Å². The van der Waals surface area contributed by atoms with Crippen molar-refractivity contribution in [3.05, 3.63) is 22.9 Å². The molecular weight excluding hydrogens is 222 g/mol. The summed E-state index contributed by atoms with van der Waals surface area (Å²) in [7, 11) is 0. The van der Waals surface area contributed by atoms with E-state index >= 15 is 0 Å². The van der Waals surface area contributed by atoms with E-state index in [4.69, 9.17) is 26.9 Å². The van der Waals surface area contributed by atoms with E-state index in [0.717, 1.165) is 6.26 Å². The minimum atomic E-state index is -1.20. The third-order valence-corrected chi connectivity index (χ3v) is 2.36. The summed E-state index contributed by atoms with van der Waals surface area (Å²) in [6, 6.07) is 1.19. The highest BCUT2D eigenvalue weighted by Gasteiger charge is 2.19. The number of carbonyl (C=O) groups is 1. The second-order valence-electron chi connectivity index (χ2n) is 2.95. The highest BCUT2D eigenvalue weighted by molar-refractivity contribution is 6.35. The molecule has 2 rings (SSSR count). The molecular formula is C9H6ClNO4. The van der Waals surface area contributed by atoms with E-state index in [2.05, 4.69) is 0 Å². The van der Waals surface area contributed by atoms with Crippen molar-refractivity contribution >= 4 is 34.2 Å². The Morgan fingerprint density at radius 1 is 1.53 bits per heavy atom. The lowest BCUT2D eigenvalue weighted by atomic mass is 10.1. The van der Waals surface area contributed by atoms with Crippen molar-refractivity contribution < 1.29 is 19.4 Å². The number of rotatable bonds is 1. The largest absolute Gasteiger partial charge is 0.504 e. The number of carboxylic acids is 1. The van der Waals surface area contributed by atoms with Gasteiger partial charge in [0, 0.05) is 0 Å². The third-order valence-electron chi connectivity index (χ3n) is 2.04. The van der Waals surface area contributed by atoms with Gasteiger partial charge in [-0.2, -0.15) is 0 Å². The summed E-state index contributed by atoms with van der Waals surface area (Å²) in [5, 5.41) is 18.5. The first-order valence-corrected chi connectivity index (χ1v) is 4.31. The number of nitrogen functional groups attached to an aromatic ring is 1. The summed E-state index contributed by atoms with van der Waals surface area (Å²) in [4.78, 5) is 10.8. The molecule has 78 valence electrons. The Labute approximate surface area is 88.7 Å². The fraction of sp³-hybridized carbons (Fsp3) is 0. The smallest absolute Gasteiger partial charge is 0.339 e. The van der Waals surface area contributed by atoms with Crippen molar-refractivity contribution in [2.45, 2.75) is 0 Å². The van der Waals surface area contributed by atoms with Crippen LogP contribution in [0.5, 0.6) is 5.75 Å². The first kappa shape index (κ1) is 9.67. The highest BCUT2D eigenvalue weighted by atomic mass is 35.5. The summed E-state index contributed by atoms with van der Waals surface area (Å²) in [5.41, 5.74) is 5.57. The number of fused-ring (bicyclic) bond motifs is 1. The minimum absolute atomic E-state index is 0.0156. The molecule has 1 aromatic heterocycles. The number of aromatic hydroxyl groups is 1. The maximum Gasteiger partial charge on any atom is 0.339 e. The SMILES string of the molecule is Nc1c(Cl)cc(C(=O)O)c2occ(O)c12. The van der Waals surface area contributed by atoms with Crippen molar-refractivity contribution in [1.29, 1.82) is 0 Å². The van der Waals surface area contributed by atoms with Crippen molar-refractivity contribution in [2.75, 3.05) is 5.73 Å². The van der Waals surface area contributed by atoms with Crippen LogP contribution >= 0.6 is 11.6 Å². The standard InChI is InChI=1S/C9H6ClNO4/c10-4-1-3(9(13)14)8-6(7(4)11)5(12)2-15-8/h1-2,12H,11H2,(H,13,14). The molecule has 0 unspecified atom stereocenters. The zero-order chi connectivity index (χ0) is 11.2. The molecule has 0 aliphatic carbocycles. The maximum absolute atomic E-state index is 10.8. The van der Waals surface area contributed by atoms with Gasteiger partial charge in [0.2, 0.25) is 0 Å². The van der Waals surface area contributed by atoms with Gasteiger partial charge in [-0.05, 0) is 6.07 Å². The molecule has 0 bridgehead atoms. The zero-order valence-corrected chi connectivity index (χ0v) is 8.08. The third kappa shape index (κ3) is 1.28. The Morgan fingerprint density at radius 3 is 2.80 bits per heavy atom. The van der Waals surface area contributed by atoms with Gasteiger partial charge in [0.1, 0.15) is 11.8 Å². The molecule has 0 amide bonds. The number of nitrogens with two attached hydrogens (primary N) is 1. The Balaban J connectivity index is 2.96. The monoisotopic (exact) mass is 227 g/mol. The molecule has 5 nitrogen and oxygen atoms in total. The van der Waals surface area contributed by atoms with E-state index in [-0.39, 0.29) is 33.0 Å². The second kappa shape index (κ2) is 3.06. The number of benzene rings is 1. The van der Waals surface area contributed by atoms with Gasteiger partial charge in [-0.1, -0.05) is 11.6 Å². The number of hydrogen-bond donors (Lipinski definition) is 3. The minimum Gasteiger partial charge on any atom is -0.504 e. The first-order chi connectivity index (χ1) is 7.02. The average molecular weight is 228 g/mol. The van der Waals surface area contributed by atoms with Gasteiger partial charge in [0.05, 0.1) is 16.1 Å². The van der Waals surface area contributed by atoms with Crippen LogP contribution in [-0.2, 0) is 0 Å². The van der Waals surface area contributed by atoms with Gasteiger partial charge >= 0.3 is 5.97 Å². The van der Waals surface area contributed by atoms with Crippen LogP contribution in [0, 0.1) is 0 Å². The molecule has 0 saturated carbocycles. The van der Waals surface area contributed by atoms with Crippen LogP contribution in [0.2, 0.25) is 5.02 Å². The predicted molar refractivity (Wildman–Crippen MR) is 54.3 cm³/mol. The Kier molecular flexibility index (Phi) is 1.97. The summed E-state index contributed by atoms with van der Waals surface area (Å²) in [6.45, 7) is 0. The summed E-state index contributed by atoms with van der Waals surface area (Å²) < 4.78 is 4.91. The van der Waals surface area contributed by atoms with Gasteiger partial charge in [0.25, 0.3) is 0 Å². The molecule has 0 aliphatic rings. The Morgan fingerprint density at radius 2 is 2.20 bits per heavy atom. The molecule has 1 aromatic carbocycles. The molecule has 0 radical (unpaired) electrons. The van der Waals surface area contributed by atoms with Crippen molar-refractivity contribution in [3.8, 4) is 5.75 Å². The van der Waals surface area contributed by atoms with Crippen LogP contribution in [0.15, 0.2) is 16.7 Å². The molecule has 0 aliphatic heterocycles. The van der Waals surface area contributed by atoms with Crippen molar-refractivity contribution in [3.63, 3.8) is 0 Å². The van der Waals surface area contributed by atoms with E-state index in [9.17, 15) is 9.90 Å². The molecule has 0 atom stereocenters. The average Bonchev–Trinajstić information content (AvgIpc) is 2.54. The summed E-state index contributed by atoms with van der Waals surface area (Å²) >= 11 is 5.72. The Bertz CT molecular complexity index is 561. The lowest BCUT2D eigenvalue weighted by molar-refractivity contribution is 0.0698. The fourth-order valence-corrected chi connectivity index (χ4v) is 1.56. The molecule has 0 fully saturated rings. The van der Waals surface area contributed by atoms with Crippen molar-refractivity contribution in [1.82, 2.24) is 0 Å². The van der Waals surface area contributed by atoms with Crippen LogP contribution in [0.4, 0.5) is 5.69 Å². The molecule has 15 heavy (non-hydrogen) atoms. The van der Waals surface area contributed by atoms with Crippen molar-refractivity contribution in [2.24, 2.45) is 0 Å².